The van der Waals surface area contributed by atoms with E-state index in [-0.39, 0.29) is 5.56 Å². The fourth-order valence-electron chi connectivity index (χ4n) is 2.45. The molecule has 5 heteroatoms. The van der Waals surface area contributed by atoms with Crippen LogP contribution in [0.3, 0.4) is 0 Å². The Morgan fingerprint density at radius 3 is 2.85 bits per heavy atom. The van der Waals surface area contributed by atoms with E-state index >= 15 is 0 Å². The highest BCUT2D eigenvalue weighted by molar-refractivity contribution is 5.99. The summed E-state index contributed by atoms with van der Waals surface area (Å²) in [5.41, 5.74) is 2.22. The fourth-order valence-corrected chi connectivity index (χ4v) is 2.45. The number of benzene rings is 1. The Morgan fingerprint density at radius 2 is 2.10 bits per heavy atom. The van der Waals surface area contributed by atoms with Gasteiger partial charge in [0, 0.05) is 6.20 Å². The molecular formula is C15H14N2O3. The first-order chi connectivity index (χ1) is 9.63. The number of nitrogens with one attached hydrogen (secondary N) is 1. The second-order valence-corrected chi connectivity index (χ2v) is 4.60. The average molecular weight is 270 g/mol. The van der Waals surface area contributed by atoms with Crippen LogP contribution in [0.25, 0.3) is 16.6 Å². The van der Waals surface area contributed by atoms with Crippen LogP contribution in [0.4, 0.5) is 0 Å². The lowest BCUT2D eigenvalue weighted by molar-refractivity contribution is 0.0528. The molecule has 0 saturated carbocycles. The van der Waals surface area contributed by atoms with Gasteiger partial charge in [-0.15, -0.1) is 0 Å². The molecule has 0 unspecified atom stereocenters. The fraction of sp³-hybridized carbons (Fsp3) is 0.200. The predicted octanol–water partition coefficient (Wildman–Crippen LogP) is 2.27. The van der Waals surface area contributed by atoms with E-state index in [4.69, 9.17) is 4.74 Å². The molecule has 2 aromatic heterocycles. The normalized spacial score (nSPS) is 11.1. The summed E-state index contributed by atoms with van der Waals surface area (Å²) in [5, 5.41) is 0.588. The molecule has 0 amide bonds. The molecular weight excluding hydrogens is 256 g/mol. The molecule has 0 spiro atoms. The Hall–Kier alpha value is -2.56. The van der Waals surface area contributed by atoms with Crippen LogP contribution in [0.1, 0.15) is 22.8 Å². The van der Waals surface area contributed by atoms with Gasteiger partial charge in [-0.05, 0) is 31.5 Å². The number of aromatic nitrogens is 2. The maximum atomic E-state index is 12.1. The molecule has 1 aromatic carbocycles. The standard InChI is InChI=1S/C15H14N2O3/c1-3-20-15(19)12-9(2)8-17-11-7-5-4-6-10(11)14(18)16-13(12)17/h4-8H,3H2,1-2H3,(H,16,18). The lowest BCUT2D eigenvalue weighted by Crippen LogP contribution is -2.12. The van der Waals surface area contributed by atoms with E-state index in [1.807, 2.05) is 35.7 Å². The summed E-state index contributed by atoms with van der Waals surface area (Å²) in [7, 11) is 0. The summed E-state index contributed by atoms with van der Waals surface area (Å²) >= 11 is 0. The van der Waals surface area contributed by atoms with Gasteiger partial charge in [0.05, 0.1) is 17.5 Å². The maximum absolute atomic E-state index is 12.1. The van der Waals surface area contributed by atoms with Crippen molar-refractivity contribution in [3.63, 3.8) is 0 Å². The van der Waals surface area contributed by atoms with Crippen molar-refractivity contribution in [1.82, 2.24) is 9.38 Å². The third kappa shape index (κ3) is 1.71. The van der Waals surface area contributed by atoms with Gasteiger partial charge in [-0.1, -0.05) is 12.1 Å². The highest BCUT2D eigenvalue weighted by atomic mass is 16.5. The van der Waals surface area contributed by atoms with Crippen LogP contribution < -0.4 is 5.56 Å². The van der Waals surface area contributed by atoms with Crippen molar-refractivity contribution in [2.24, 2.45) is 0 Å². The number of hydrogen-bond acceptors (Lipinski definition) is 3. The van der Waals surface area contributed by atoms with Gasteiger partial charge in [-0.25, -0.2) is 4.79 Å². The quantitative estimate of drug-likeness (QED) is 0.726. The Morgan fingerprint density at radius 1 is 1.35 bits per heavy atom. The second-order valence-electron chi connectivity index (χ2n) is 4.60. The Labute approximate surface area is 114 Å². The molecule has 0 aliphatic carbocycles. The maximum Gasteiger partial charge on any atom is 0.342 e. The molecule has 0 saturated heterocycles. The predicted molar refractivity (Wildman–Crippen MR) is 76.2 cm³/mol. The Balaban J connectivity index is 2.43. The molecule has 20 heavy (non-hydrogen) atoms. The van der Waals surface area contributed by atoms with Gasteiger partial charge >= 0.3 is 5.97 Å². The van der Waals surface area contributed by atoms with Gasteiger partial charge in [-0.2, -0.15) is 0 Å². The minimum absolute atomic E-state index is 0.211. The van der Waals surface area contributed by atoms with E-state index in [9.17, 15) is 9.59 Å². The van der Waals surface area contributed by atoms with Crippen LogP contribution in [0.5, 0.6) is 0 Å². The van der Waals surface area contributed by atoms with Crippen molar-refractivity contribution in [2.45, 2.75) is 13.8 Å². The van der Waals surface area contributed by atoms with E-state index in [0.717, 1.165) is 11.1 Å². The van der Waals surface area contributed by atoms with Gasteiger partial charge in [-0.3, -0.25) is 4.79 Å². The topological polar surface area (TPSA) is 63.6 Å². The molecule has 0 bridgehead atoms. The average Bonchev–Trinajstić information content (AvgIpc) is 2.76. The number of ether oxygens (including phenoxy) is 1. The molecule has 5 nitrogen and oxygen atoms in total. The summed E-state index contributed by atoms with van der Waals surface area (Å²) in [5.74, 6) is -0.418. The van der Waals surface area contributed by atoms with E-state index in [1.54, 1.807) is 13.0 Å². The molecule has 1 N–H and O–H groups in total. The smallest absolute Gasteiger partial charge is 0.342 e. The molecule has 0 aliphatic heterocycles. The first-order valence-electron chi connectivity index (χ1n) is 6.43. The number of aromatic amines is 1. The zero-order valence-electron chi connectivity index (χ0n) is 11.3. The highest BCUT2D eigenvalue weighted by Gasteiger charge is 2.19. The van der Waals surface area contributed by atoms with Crippen molar-refractivity contribution >= 4 is 22.5 Å². The zero-order chi connectivity index (χ0) is 14.3. The second kappa shape index (κ2) is 4.52. The van der Waals surface area contributed by atoms with Crippen molar-refractivity contribution in [3.05, 3.63) is 51.9 Å². The number of H-pyrrole nitrogens is 1. The van der Waals surface area contributed by atoms with Gasteiger partial charge in [0.15, 0.2) is 0 Å². The Kier molecular flexibility index (Phi) is 2.82. The molecule has 0 aliphatic rings. The number of carbonyl (C=O) groups excluding carboxylic acids is 1. The summed E-state index contributed by atoms with van der Waals surface area (Å²) in [6.45, 7) is 3.88. The van der Waals surface area contributed by atoms with E-state index < -0.39 is 5.97 Å². The first kappa shape index (κ1) is 12.5. The van der Waals surface area contributed by atoms with E-state index in [2.05, 4.69) is 4.98 Å². The number of esters is 1. The number of fused-ring (bicyclic) bond motifs is 3. The van der Waals surface area contributed by atoms with Crippen molar-refractivity contribution in [2.75, 3.05) is 6.61 Å². The van der Waals surface area contributed by atoms with Crippen LogP contribution in [-0.2, 0) is 4.74 Å². The number of rotatable bonds is 2. The largest absolute Gasteiger partial charge is 0.462 e. The minimum Gasteiger partial charge on any atom is -0.462 e. The third-order valence-corrected chi connectivity index (χ3v) is 3.31. The van der Waals surface area contributed by atoms with Gasteiger partial charge < -0.3 is 14.1 Å². The summed E-state index contributed by atoms with van der Waals surface area (Å²) < 4.78 is 6.87. The number of para-hydroxylation sites is 1. The molecule has 0 radical (unpaired) electrons. The zero-order valence-corrected chi connectivity index (χ0v) is 11.3. The van der Waals surface area contributed by atoms with Gasteiger partial charge in [0.1, 0.15) is 11.2 Å². The van der Waals surface area contributed by atoms with Crippen molar-refractivity contribution in [3.8, 4) is 0 Å². The number of carbonyl (C=O) groups is 1. The highest BCUT2D eigenvalue weighted by Crippen LogP contribution is 2.20. The molecule has 2 heterocycles. The van der Waals surface area contributed by atoms with Crippen LogP contribution >= 0.6 is 0 Å². The number of aryl methyl sites for hydroxylation is 1. The Bertz CT molecular complexity index is 874. The molecule has 102 valence electrons. The van der Waals surface area contributed by atoms with E-state index in [0.29, 0.717) is 23.2 Å². The van der Waals surface area contributed by atoms with Crippen LogP contribution in [0.15, 0.2) is 35.3 Å². The third-order valence-electron chi connectivity index (χ3n) is 3.31. The molecule has 0 atom stereocenters. The molecule has 3 rings (SSSR count). The number of hydrogen-bond donors (Lipinski definition) is 1. The van der Waals surface area contributed by atoms with E-state index in [1.165, 1.54) is 0 Å². The van der Waals surface area contributed by atoms with Crippen molar-refractivity contribution < 1.29 is 9.53 Å². The van der Waals surface area contributed by atoms with Crippen LogP contribution in [0.2, 0.25) is 0 Å². The first-order valence-corrected chi connectivity index (χ1v) is 6.43. The summed E-state index contributed by atoms with van der Waals surface area (Å²) in [4.78, 5) is 26.9. The molecule has 0 fully saturated rings. The van der Waals surface area contributed by atoms with Gasteiger partial charge in [0.25, 0.3) is 5.56 Å². The van der Waals surface area contributed by atoms with Gasteiger partial charge in [0.2, 0.25) is 0 Å². The molecule has 3 aromatic rings. The minimum atomic E-state index is -0.418. The monoisotopic (exact) mass is 270 g/mol. The van der Waals surface area contributed by atoms with Crippen LogP contribution in [-0.4, -0.2) is 22.0 Å². The number of nitrogens with zero attached hydrogens (tertiary/aromatic N) is 1. The SMILES string of the molecule is CCOC(=O)c1c(C)cn2c1[nH]c(=O)c1ccccc12. The lowest BCUT2D eigenvalue weighted by atomic mass is 10.2. The van der Waals surface area contributed by atoms with Crippen LogP contribution in [0, 0.1) is 6.92 Å². The summed E-state index contributed by atoms with van der Waals surface area (Å²) in [6, 6.07) is 7.28. The van der Waals surface area contributed by atoms with Crippen molar-refractivity contribution in [1.29, 1.82) is 0 Å². The lowest BCUT2D eigenvalue weighted by Gasteiger charge is -2.04. The summed E-state index contributed by atoms with van der Waals surface area (Å²) in [6.07, 6.45) is 1.83.